The Labute approximate surface area is 383 Å². The smallest absolute Gasteiger partial charge is 0.408 e. The van der Waals surface area contributed by atoms with Crippen LogP contribution >= 0.6 is 11.3 Å². The van der Waals surface area contributed by atoms with Crippen molar-refractivity contribution in [1.29, 1.82) is 0 Å². The van der Waals surface area contributed by atoms with Crippen LogP contribution in [0.1, 0.15) is 150 Å². The number of hydrogen-bond donors (Lipinski definition) is 3. The Balaban J connectivity index is 1.42. The van der Waals surface area contributed by atoms with Gasteiger partial charge in [-0.2, -0.15) is 4.98 Å². The standard InChI is InChI=1S/C47H69N7O8S2/c1-12-30-26-47(30)42(57)52-64(59,60)24-19-17-15-13-14-16-18-23-35-36(28(2)3)48-40(63-35)32-21-20-22-33-37(32)49-43(54(33)29(4)5)61-31-25-34(39(55)51-47)53(27-31)41(56)38(45(6,7)8)50-44(58)62-46(9,10)11/h14,16,20-22,28-31,34,38H,12-13,15,17-19,23-27H2,1-11H3,(H,50,58)(H,51,55)(H,52,57)/b16-14+/t30-,31-,34+,38-,47-/m1/s1. The summed E-state index contributed by atoms with van der Waals surface area (Å²) >= 11 is 1.68. The molecule has 6 rings (SSSR count). The molecule has 15 nitrogen and oxygen atoms in total. The molecule has 1 saturated carbocycles. The maximum Gasteiger partial charge on any atom is 0.408 e. The van der Waals surface area contributed by atoms with Gasteiger partial charge in [0.25, 0.3) is 11.9 Å². The first kappa shape index (κ1) is 48.9. The highest BCUT2D eigenvalue weighted by atomic mass is 32.2. The molecular weight excluding hydrogens is 855 g/mol. The van der Waals surface area contributed by atoms with E-state index in [1.807, 2.05) is 64.3 Å². The van der Waals surface area contributed by atoms with Crippen LogP contribution in [-0.4, -0.2) is 93.3 Å². The summed E-state index contributed by atoms with van der Waals surface area (Å²) < 4.78 is 43.2. The van der Waals surface area contributed by atoms with Crippen molar-refractivity contribution in [2.24, 2.45) is 11.3 Å². The number of likely N-dealkylation sites (tertiary alicyclic amines) is 1. The largest absolute Gasteiger partial charge is 0.459 e. The van der Waals surface area contributed by atoms with Crippen LogP contribution in [-0.2, 0) is 35.6 Å². The molecule has 1 saturated heterocycles. The van der Waals surface area contributed by atoms with Gasteiger partial charge in [0.05, 0.1) is 23.5 Å². The van der Waals surface area contributed by atoms with Gasteiger partial charge in [0.2, 0.25) is 21.8 Å². The summed E-state index contributed by atoms with van der Waals surface area (Å²) in [5.41, 5.74) is 0.381. The number of ether oxygens (including phenoxy) is 2. The molecule has 4 heterocycles. The summed E-state index contributed by atoms with van der Waals surface area (Å²) in [6.07, 6.45) is 7.93. The van der Waals surface area contributed by atoms with Gasteiger partial charge in [-0.15, -0.1) is 11.3 Å². The number of nitrogens with zero attached hydrogens (tertiary/aromatic N) is 4. The van der Waals surface area contributed by atoms with E-state index >= 15 is 0 Å². The fraction of sp³-hybridized carbons (Fsp3) is 0.660. The van der Waals surface area contributed by atoms with E-state index in [-0.39, 0.29) is 43.0 Å². The SMILES string of the molecule is CC[C@@H]1C[C@@]12NC(=O)[C@@H]1C[C@H](CN1C(=O)[C@@H](NC(=O)OC(C)(C)C)C(C)(C)C)Oc1nc3c(cccc3n1C(C)C)-c1nc(C(C)C)c(s1)CC/C=C/CCCCCS(=O)(=O)NC2=O. The fourth-order valence-electron chi connectivity index (χ4n) is 8.80. The van der Waals surface area contributed by atoms with Gasteiger partial charge >= 0.3 is 6.09 Å². The molecule has 352 valence electrons. The second kappa shape index (κ2) is 19.1. The number of imidazole rings is 1. The molecule has 6 bridgehead atoms. The first-order chi connectivity index (χ1) is 29.9. The first-order valence-electron chi connectivity index (χ1n) is 22.9. The molecule has 3 aromatic rings. The molecule has 1 spiro atoms. The van der Waals surface area contributed by atoms with E-state index in [1.54, 1.807) is 32.1 Å². The maximum atomic E-state index is 14.9. The molecule has 17 heteroatoms. The Hall–Kier alpha value is -4.51. The van der Waals surface area contributed by atoms with Crippen LogP contribution in [0.15, 0.2) is 30.4 Å². The average molecular weight is 924 g/mol. The number of thiazole rings is 1. The number of amides is 4. The van der Waals surface area contributed by atoms with Gasteiger partial charge in [0, 0.05) is 22.9 Å². The monoisotopic (exact) mass is 923 g/mol. The highest BCUT2D eigenvalue weighted by Crippen LogP contribution is 2.47. The summed E-state index contributed by atoms with van der Waals surface area (Å²) in [5, 5.41) is 6.56. The predicted molar refractivity (Wildman–Crippen MR) is 250 cm³/mol. The molecule has 2 fully saturated rings. The Morgan fingerprint density at radius 2 is 1.75 bits per heavy atom. The van der Waals surface area contributed by atoms with Gasteiger partial charge in [-0.25, -0.2) is 18.2 Å². The van der Waals surface area contributed by atoms with Crippen molar-refractivity contribution in [2.75, 3.05) is 12.3 Å². The number of para-hydroxylation sites is 1. The van der Waals surface area contributed by atoms with Crippen LogP contribution < -0.4 is 20.1 Å². The number of alkyl carbamates (subject to hydrolysis) is 1. The summed E-state index contributed by atoms with van der Waals surface area (Å²) in [6, 6.07) is 3.99. The lowest BCUT2D eigenvalue weighted by Gasteiger charge is -2.36. The molecule has 2 aromatic heterocycles. The van der Waals surface area contributed by atoms with Crippen LogP contribution in [0, 0.1) is 11.3 Å². The van der Waals surface area contributed by atoms with Crippen molar-refractivity contribution >= 4 is 56.2 Å². The molecule has 2 aliphatic heterocycles. The lowest BCUT2D eigenvalue weighted by molar-refractivity contribution is -0.143. The number of hydrogen-bond acceptors (Lipinski definition) is 11. The summed E-state index contributed by atoms with van der Waals surface area (Å²) in [7, 11) is -4.01. The van der Waals surface area contributed by atoms with Crippen molar-refractivity contribution < 1.29 is 37.1 Å². The van der Waals surface area contributed by atoms with E-state index in [1.165, 1.54) is 9.78 Å². The number of nitrogens with one attached hydrogen (secondary N) is 3. The molecular formula is C47H69N7O8S2. The van der Waals surface area contributed by atoms with E-state index in [0.717, 1.165) is 53.0 Å². The van der Waals surface area contributed by atoms with E-state index in [9.17, 15) is 27.6 Å². The minimum absolute atomic E-state index is 0.0316. The number of carbonyl (C=O) groups is 4. The number of sulfonamides is 1. The van der Waals surface area contributed by atoms with Crippen molar-refractivity contribution in [2.45, 2.75) is 175 Å². The molecule has 3 aliphatic rings. The summed E-state index contributed by atoms with van der Waals surface area (Å²) in [4.78, 5) is 69.6. The van der Waals surface area contributed by atoms with Gasteiger partial charge in [-0.1, -0.05) is 72.6 Å². The molecule has 3 N–H and O–H groups in total. The zero-order chi connectivity index (χ0) is 46.9. The third-order valence-corrected chi connectivity index (χ3v) is 14.7. The first-order valence-corrected chi connectivity index (χ1v) is 25.4. The highest BCUT2D eigenvalue weighted by Gasteiger charge is 2.62. The van der Waals surface area contributed by atoms with Crippen LogP contribution in [0.3, 0.4) is 0 Å². The minimum atomic E-state index is -4.01. The van der Waals surface area contributed by atoms with Gasteiger partial charge in [0.15, 0.2) is 0 Å². The van der Waals surface area contributed by atoms with Crippen LogP contribution in [0.5, 0.6) is 6.01 Å². The van der Waals surface area contributed by atoms with Crippen molar-refractivity contribution in [3.8, 4) is 16.6 Å². The number of aryl methyl sites for hydroxylation is 1. The predicted octanol–water partition coefficient (Wildman–Crippen LogP) is 7.95. The second-order valence-corrected chi connectivity index (χ2v) is 23.2. The molecule has 0 unspecified atom stereocenters. The van der Waals surface area contributed by atoms with Crippen molar-refractivity contribution in [3.63, 3.8) is 0 Å². The maximum absolute atomic E-state index is 14.9. The summed E-state index contributed by atoms with van der Waals surface area (Å²) in [5.74, 6) is -2.27. The molecule has 1 aromatic carbocycles. The molecule has 1 aliphatic carbocycles. The second-order valence-electron chi connectivity index (χ2n) is 20.3. The third-order valence-electron chi connectivity index (χ3n) is 12.2. The Morgan fingerprint density at radius 3 is 2.39 bits per heavy atom. The van der Waals surface area contributed by atoms with E-state index in [2.05, 4.69) is 41.4 Å². The normalized spacial score (nSPS) is 24.6. The van der Waals surface area contributed by atoms with Gasteiger partial charge in [0.1, 0.15) is 39.9 Å². The van der Waals surface area contributed by atoms with E-state index in [0.29, 0.717) is 25.3 Å². The van der Waals surface area contributed by atoms with Crippen LogP contribution in [0.2, 0.25) is 0 Å². The average Bonchev–Trinajstić information content (AvgIpc) is 3.47. The molecule has 0 radical (unpaired) electrons. The molecule has 64 heavy (non-hydrogen) atoms. The van der Waals surface area contributed by atoms with E-state index in [4.69, 9.17) is 19.4 Å². The number of benzene rings is 1. The lowest BCUT2D eigenvalue weighted by atomic mass is 9.85. The van der Waals surface area contributed by atoms with E-state index < -0.39 is 68.6 Å². The van der Waals surface area contributed by atoms with Crippen LogP contribution in [0.25, 0.3) is 21.6 Å². The fourth-order valence-corrected chi connectivity index (χ4v) is 11.2. The van der Waals surface area contributed by atoms with Crippen LogP contribution in [0.4, 0.5) is 4.79 Å². The number of allylic oxidation sites excluding steroid dienone is 2. The molecule has 4 amide bonds. The third kappa shape index (κ3) is 11.1. The van der Waals surface area contributed by atoms with Gasteiger partial charge in [-0.3, -0.25) is 23.7 Å². The Bertz CT molecular complexity index is 2360. The number of carbonyl (C=O) groups excluding carboxylic acids is 4. The topological polar surface area (TPSA) is 191 Å². The zero-order valence-electron chi connectivity index (χ0n) is 39.5. The molecule has 5 atom stereocenters. The highest BCUT2D eigenvalue weighted by molar-refractivity contribution is 7.90. The lowest BCUT2D eigenvalue weighted by Crippen LogP contribution is -2.60. The summed E-state index contributed by atoms with van der Waals surface area (Å²) in [6.45, 7) is 20.8. The Kier molecular flexibility index (Phi) is 14.6. The number of aromatic nitrogens is 3. The number of fused-ring (bicyclic) bond motifs is 6. The van der Waals surface area contributed by atoms with Crippen molar-refractivity contribution in [3.05, 3.63) is 40.9 Å². The Morgan fingerprint density at radius 1 is 1.03 bits per heavy atom. The minimum Gasteiger partial charge on any atom is -0.459 e. The number of rotatable bonds is 5. The van der Waals surface area contributed by atoms with Crippen molar-refractivity contribution in [1.82, 2.24) is 34.8 Å². The quantitative estimate of drug-likeness (QED) is 0.212. The van der Waals surface area contributed by atoms with Gasteiger partial charge in [-0.05, 0) is 103 Å². The van der Waals surface area contributed by atoms with Gasteiger partial charge < -0.3 is 25.0 Å². The zero-order valence-corrected chi connectivity index (χ0v) is 41.1.